The van der Waals surface area contributed by atoms with Gasteiger partial charge in [-0.05, 0) is 6.07 Å². The second-order valence-electron chi connectivity index (χ2n) is 5.71. The summed E-state index contributed by atoms with van der Waals surface area (Å²) >= 11 is 0. The second-order valence-corrected chi connectivity index (χ2v) is 5.71. The van der Waals surface area contributed by atoms with Crippen LogP contribution in [-0.2, 0) is 9.53 Å². The van der Waals surface area contributed by atoms with Crippen LogP contribution >= 0.6 is 0 Å². The molecule has 0 aliphatic carbocycles. The van der Waals surface area contributed by atoms with Crippen molar-refractivity contribution in [1.82, 2.24) is 4.90 Å². The molecule has 8 nitrogen and oxygen atoms in total. The Balaban J connectivity index is 1.71. The molecule has 128 valence electrons. The number of nitrogens with zero attached hydrogens (tertiary/aromatic N) is 3. The third-order valence-corrected chi connectivity index (χ3v) is 4.21. The van der Waals surface area contributed by atoms with Crippen LogP contribution in [0, 0.1) is 10.1 Å². The molecular weight excluding hydrogens is 314 g/mol. The molecule has 0 unspecified atom stereocenters. The van der Waals surface area contributed by atoms with Crippen molar-refractivity contribution in [1.29, 1.82) is 0 Å². The number of carbonyl (C=O) groups excluding carboxylic acids is 1. The zero-order valence-corrected chi connectivity index (χ0v) is 13.4. The lowest BCUT2D eigenvalue weighted by molar-refractivity contribution is -0.384. The molecule has 0 radical (unpaired) electrons. The number of hydrogen-bond donors (Lipinski definition) is 0. The Morgan fingerprint density at radius 3 is 3.08 bits per heavy atom. The van der Waals surface area contributed by atoms with Crippen LogP contribution < -0.4 is 9.64 Å². The molecule has 1 aromatic rings. The molecule has 24 heavy (non-hydrogen) atoms. The number of fused-ring (bicyclic) bond motifs is 3. The summed E-state index contributed by atoms with van der Waals surface area (Å²) in [4.78, 5) is 26.5. The Morgan fingerprint density at radius 2 is 2.33 bits per heavy atom. The molecule has 1 atom stereocenters. The maximum absolute atomic E-state index is 12.2. The fraction of sp³-hybridized carbons (Fsp3) is 0.438. The molecule has 2 aliphatic rings. The number of benzene rings is 1. The first-order chi connectivity index (χ1) is 11.6. The van der Waals surface area contributed by atoms with Gasteiger partial charge in [-0.3, -0.25) is 14.9 Å². The third-order valence-electron chi connectivity index (χ3n) is 4.21. The molecule has 1 fully saturated rings. The summed E-state index contributed by atoms with van der Waals surface area (Å²) in [5.74, 6) is 0.487. The zero-order valence-electron chi connectivity index (χ0n) is 13.4. The van der Waals surface area contributed by atoms with Crippen LogP contribution in [0.1, 0.15) is 0 Å². The van der Waals surface area contributed by atoms with Crippen LogP contribution in [0.15, 0.2) is 30.4 Å². The van der Waals surface area contributed by atoms with Crippen molar-refractivity contribution in [3.63, 3.8) is 0 Å². The Kier molecular flexibility index (Phi) is 4.66. The molecule has 2 heterocycles. The van der Waals surface area contributed by atoms with Gasteiger partial charge in [0.1, 0.15) is 12.4 Å². The number of amides is 1. The van der Waals surface area contributed by atoms with E-state index in [0.717, 1.165) is 5.69 Å². The Bertz CT molecular complexity index is 676. The number of rotatable bonds is 4. The summed E-state index contributed by atoms with van der Waals surface area (Å²) in [6, 6.07) is 4.70. The predicted molar refractivity (Wildman–Crippen MR) is 87.3 cm³/mol. The van der Waals surface area contributed by atoms with Crippen molar-refractivity contribution in [2.45, 2.75) is 6.04 Å². The number of carbonyl (C=O) groups is 1. The van der Waals surface area contributed by atoms with Gasteiger partial charge >= 0.3 is 0 Å². The van der Waals surface area contributed by atoms with Crippen LogP contribution in [0.4, 0.5) is 11.4 Å². The molecular formula is C16H19N3O5. The minimum Gasteiger partial charge on any atom is -0.489 e. The van der Waals surface area contributed by atoms with Crippen LogP contribution in [-0.4, -0.2) is 61.7 Å². The third kappa shape index (κ3) is 3.18. The summed E-state index contributed by atoms with van der Waals surface area (Å²) in [7, 11) is 1.58. The molecule has 1 saturated heterocycles. The minimum atomic E-state index is -0.432. The lowest BCUT2D eigenvalue weighted by Gasteiger charge is -2.45. The average Bonchev–Trinajstić information content (AvgIpc) is 2.60. The topological polar surface area (TPSA) is 85.2 Å². The first kappa shape index (κ1) is 16.3. The van der Waals surface area contributed by atoms with Gasteiger partial charge in [0.25, 0.3) is 5.69 Å². The van der Waals surface area contributed by atoms with E-state index >= 15 is 0 Å². The maximum atomic E-state index is 12.2. The molecule has 8 heteroatoms. The number of anilines is 1. The molecule has 3 rings (SSSR count). The summed E-state index contributed by atoms with van der Waals surface area (Å²) in [6.45, 7) is 2.64. The normalized spacial score (nSPS) is 19.6. The lowest BCUT2D eigenvalue weighted by Crippen LogP contribution is -2.58. The molecule has 0 aromatic heterocycles. The summed E-state index contributed by atoms with van der Waals surface area (Å²) < 4.78 is 10.6. The van der Waals surface area contributed by atoms with Gasteiger partial charge in [-0.2, -0.15) is 0 Å². The van der Waals surface area contributed by atoms with Crippen molar-refractivity contribution in [2.75, 3.05) is 44.9 Å². The molecule has 0 N–H and O–H groups in total. The Labute approximate surface area is 139 Å². The van der Waals surface area contributed by atoms with Gasteiger partial charge in [-0.1, -0.05) is 6.08 Å². The zero-order chi connectivity index (χ0) is 17.1. The van der Waals surface area contributed by atoms with Crippen LogP contribution in [0.3, 0.4) is 0 Å². The fourth-order valence-electron chi connectivity index (χ4n) is 3.02. The highest BCUT2D eigenvalue weighted by molar-refractivity contribution is 5.88. The quantitative estimate of drug-likeness (QED) is 0.468. The molecule has 0 spiro atoms. The smallest absolute Gasteiger partial charge is 0.273 e. The largest absolute Gasteiger partial charge is 0.489 e. The van der Waals surface area contributed by atoms with Crippen LogP contribution in [0.25, 0.3) is 0 Å². The highest BCUT2D eigenvalue weighted by Crippen LogP contribution is 2.37. The number of methoxy groups -OCH3 is 1. The van der Waals surface area contributed by atoms with Gasteiger partial charge in [0, 0.05) is 38.9 Å². The Morgan fingerprint density at radius 1 is 1.50 bits per heavy atom. The van der Waals surface area contributed by atoms with Crippen LogP contribution in [0.5, 0.6) is 5.75 Å². The van der Waals surface area contributed by atoms with E-state index in [9.17, 15) is 14.9 Å². The van der Waals surface area contributed by atoms with E-state index in [1.54, 1.807) is 24.2 Å². The van der Waals surface area contributed by atoms with E-state index in [-0.39, 0.29) is 17.6 Å². The first-order valence-electron chi connectivity index (χ1n) is 7.72. The van der Waals surface area contributed by atoms with E-state index in [4.69, 9.17) is 9.47 Å². The maximum Gasteiger partial charge on any atom is 0.273 e. The summed E-state index contributed by atoms with van der Waals surface area (Å²) in [5, 5.41) is 10.9. The van der Waals surface area contributed by atoms with Gasteiger partial charge in [-0.15, -0.1) is 0 Å². The number of hydrogen-bond acceptors (Lipinski definition) is 6. The van der Waals surface area contributed by atoms with E-state index in [2.05, 4.69) is 4.90 Å². The lowest BCUT2D eigenvalue weighted by atomic mass is 10.1. The average molecular weight is 333 g/mol. The number of non-ortho nitro benzene ring substituents is 1. The number of piperazine rings is 1. The molecule has 1 amide bonds. The first-order valence-corrected chi connectivity index (χ1v) is 7.72. The van der Waals surface area contributed by atoms with Crippen molar-refractivity contribution in [2.24, 2.45) is 0 Å². The Hall–Kier alpha value is -2.61. The van der Waals surface area contributed by atoms with Crippen molar-refractivity contribution in [3.05, 3.63) is 40.5 Å². The number of nitro groups is 1. The number of ether oxygens (including phenoxy) is 2. The van der Waals surface area contributed by atoms with Crippen molar-refractivity contribution >= 4 is 17.3 Å². The molecule has 2 aliphatic heterocycles. The fourth-order valence-corrected chi connectivity index (χ4v) is 3.02. The van der Waals surface area contributed by atoms with E-state index in [1.807, 2.05) is 0 Å². The summed E-state index contributed by atoms with van der Waals surface area (Å²) in [6.07, 6.45) is 3.22. The standard InChI is InChI=1S/C16H19N3O5/c1-23-8-2-3-16(20)17-6-7-18-13(10-17)11-24-15-9-12(19(21)22)4-5-14(15)18/h2-5,9,13H,6-8,10-11H2,1H3/b3-2+/t13-/m1/s1. The monoisotopic (exact) mass is 333 g/mol. The van der Waals surface area contributed by atoms with Crippen molar-refractivity contribution < 1.29 is 19.2 Å². The minimum absolute atomic E-state index is 0.0179. The second kappa shape index (κ2) is 6.88. The van der Waals surface area contributed by atoms with Gasteiger partial charge < -0.3 is 19.3 Å². The predicted octanol–water partition coefficient (Wildman–Crippen LogP) is 1.21. The van der Waals surface area contributed by atoms with E-state index < -0.39 is 4.92 Å². The van der Waals surface area contributed by atoms with Gasteiger partial charge in [0.15, 0.2) is 0 Å². The highest BCUT2D eigenvalue weighted by atomic mass is 16.6. The molecule has 1 aromatic carbocycles. The highest BCUT2D eigenvalue weighted by Gasteiger charge is 2.34. The van der Waals surface area contributed by atoms with Gasteiger partial charge in [0.05, 0.1) is 29.3 Å². The SMILES string of the molecule is COC/C=C/C(=O)N1CCN2c3ccc([N+](=O)[O-])cc3OC[C@H]2C1. The number of nitro benzene ring substituents is 1. The van der Waals surface area contributed by atoms with Crippen LogP contribution in [0.2, 0.25) is 0 Å². The summed E-state index contributed by atoms with van der Waals surface area (Å²) in [5.41, 5.74) is 0.864. The molecule has 0 bridgehead atoms. The van der Waals surface area contributed by atoms with Crippen molar-refractivity contribution in [3.8, 4) is 5.75 Å². The van der Waals surface area contributed by atoms with Gasteiger partial charge in [0.2, 0.25) is 5.91 Å². The molecule has 0 saturated carbocycles. The van der Waals surface area contributed by atoms with E-state index in [0.29, 0.717) is 38.6 Å². The van der Waals surface area contributed by atoms with Gasteiger partial charge in [-0.25, -0.2) is 0 Å². The van der Waals surface area contributed by atoms with E-state index in [1.165, 1.54) is 18.2 Å².